The minimum Gasteiger partial charge on any atom is -0.396 e. The van der Waals surface area contributed by atoms with Crippen molar-refractivity contribution in [2.75, 3.05) is 13.2 Å². The summed E-state index contributed by atoms with van der Waals surface area (Å²) in [6.07, 6.45) is 1.60. The van der Waals surface area contributed by atoms with Crippen LogP contribution in [0, 0.1) is 18.8 Å². The molecular formula is C19H27N3O3. The van der Waals surface area contributed by atoms with Crippen LogP contribution in [0.2, 0.25) is 0 Å². The molecule has 0 aliphatic heterocycles. The molecule has 0 spiro atoms. The average molecular weight is 345 g/mol. The van der Waals surface area contributed by atoms with Crippen molar-refractivity contribution in [3.05, 3.63) is 40.3 Å². The van der Waals surface area contributed by atoms with Crippen molar-refractivity contribution in [1.82, 2.24) is 15.1 Å². The van der Waals surface area contributed by atoms with Gasteiger partial charge in [-0.3, -0.25) is 9.59 Å². The van der Waals surface area contributed by atoms with Crippen LogP contribution in [0.4, 0.5) is 0 Å². The van der Waals surface area contributed by atoms with E-state index in [9.17, 15) is 9.59 Å². The smallest absolute Gasteiger partial charge is 0.275 e. The van der Waals surface area contributed by atoms with Gasteiger partial charge in [0.15, 0.2) is 0 Å². The van der Waals surface area contributed by atoms with Crippen molar-refractivity contribution < 1.29 is 9.90 Å². The molecule has 0 fully saturated rings. The van der Waals surface area contributed by atoms with E-state index in [1.807, 2.05) is 19.1 Å². The Kier molecular flexibility index (Phi) is 6.70. The van der Waals surface area contributed by atoms with Gasteiger partial charge in [-0.2, -0.15) is 5.10 Å². The van der Waals surface area contributed by atoms with E-state index in [1.165, 1.54) is 4.68 Å². The molecular weight excluding hydrogens is 318 g/mol. The molecule has 2 rings (SSSR count). The maximum Gasteiger partial charge on any atom is 0.275 e. The van der Waals surface area contributed by atoms with E-state index in [0.29, 0.717) is 24.3 Å². The monoisotopic (exact) mass is 345 g/mol. The van der Waals surface area contributed by atoms with Gasteiger partial charge in [0.05, 0.1) is 11.1 Å². The zero-order valence-electron chi connectivity index (χ0n) is 15.2. The van der Waals surface area contributed by atoms with Crippen molar-refractivity contribution in [2.24, 2.45) is 11.8 Å². The highest BCUT2D eigenvalue weighted by molar-refractivity contribution is 5.83. The summed E-state index contributed by atoms with van der Waals surface area (Å²) < 4.78 is 1.22. The Bertz CT molecular complexity index is 783. The maximum absolute atomic E-state index is 12.5. The van der Waals surface area contributed by atoms with Crippen molar-refractivity contribution in [3.63, 3.8) is 0 Å². The van der Waals surface area contributed by atoms with Crippen molar-refractivity contribution in [1.29, 1.82) is 0 Å². The van der Waals surface area contributed by atoms with Crippen molar-refractivity contribution >= 4 is 16.7 Å². The summed E-state index contributed by atoms with van der Waals surface area (Å²) in [6, 6.07) is 7.28. The van der Waals surface area contributed by atoms with E-state index in [1.54, 1.807) is 12.1 Å². The summed E-state index contributed by atoms with van der Waals surface area (Å²) in [5, 5.41) is 17.7. The largest absolute Gasteiger partial charge is 0.396 e. The molecule has 1 heterocycles. The fourth-order valence-corrected chi connectivity index (χ4v) is 3.11. The molecule has 1 unspecified atom stereocenters. The van der Waals surface area contributed by atoms with Crippen LogP contribution in [0.3, 0.4) is 0 Å². The highest BCUT2D eigenvalue weighted by Crippen LogP contribution is 2.14. The summed E-state index contributed by atoms with van der Waals surface area (Å²) in [7, 11) is 0. The van der Waals surface area contributed by atoms with E-state index in [4.69, 9.17) is 5.11 Å². The number of nitrogens with one attached hydrogen (secondary N) is 1. The summed E-state index contributed by atoms with van der Waals surface area (Å²) in [5.74, 6) is 0.494. The average Bonchev–Trinajstić information content (AvgIpc) is 2.57. The first-order chi connectivity index (χ1) is 11.9. The summed E-state index contributed by atoms with van der Waals surface area (Å²) >= 11 is 0. The molecule has 6 heteroatoms. The number of carbonyl (C=O) groups excluding carboxylic acids is 1. The fourth-order valence-electron chi connectivity index (χ4n) is 3.11. The van der Waals surface area contributed by atoms with Crippen LogP contribution in [-0.2, 0) is 11.3 Å². The van der Waals surface area contributed by atoms with Crippen LogP contribution >= 0.6 is 0 Å². The van der Waals surface area contributed by atoms with Gasteiger partial charge in [-0.05, 0) is 37.7 Å². The number of benzene rings is 1. The van der Waals surface area contributed by atoms with Gasteiger partial charge in [-0.15, -0.1) is 0 Å². The quantitative estimate of drug-likeness (QED) is 0.765. The number of hydrogen-bond acceptors (Lipinski definition) is 4. The second kappa shape index (κ2) is 8.76. The number of fused-ring (bicyclic) bond motifs is 1. The number of aromatic nitrogens is 2. The van der Waals surface area contributed by atoms with E-state index in [-0.39, 0.29) is 30.5 Å². The third-order valence-corrected chi connectivity index (χ3v) is 4.28. The number of carbonyl (C=O) groups is 1. The minimum absolute atomic E-state index is 0.0992. The van der Waals surface area contributed by atoms with Gasteiger partial charge >= 0.3 is 0 Å². The number of aliphatic hydroxyl groups is 1. The SMILES string of the molecule is Cc1nn(CC(=O)NCC(CCO)CC(C)C)c(=O)c2ccccc12. The molecule has 25 heavy (non-hydrogen) atoms. The first-order valence-corrected chi connectivity index (χ1v) is 8.76. The number of nitrogens with zero attached hydrogens (tertiary/aromatic N) is 2. The van der Waals surface area contributed by atoms with Crippen molar-refractivity contribution in [2.45, 2.75) is 40.2 Å². The first-order valence-electron chi connectivity index (χ1n) is 8.76. The summed E-state index contributed by atoms with van der Waals surface area (Å²) in [4.78, 5) is 24.7. The lowest BCUT2D eigenvalue weighted by molar-refractivity contribution is -0.122. The van der Waals surface area contributed by atoms with Crippen LogP contribution in [0.15, 0.2) is 29.1 Å². The van der Waals surface area contributed by atoms with E-state index in [2.05, 4.69) is 24.3 Å². The summed E-state index contributed by atoms with van der Waals surface area (Å²) in [6.45, 7) is 6.58. The Hall–Kier alpha value is -2.21. The molecule has 1 amide bonds. The van der Waals surface area contributed by atoms with Crippen molar-refractivity contribution in [3.8, 4) is 0 Å². The van der Waals surface area contributed by atoms with Crippen LogP contribution in [0.1, 0.15) is 32.4 Å². The van der Waals surface area contributed by atoms with Gasteiger partial charge < -0.3 is 10.4 Å². The van der Waals surface area contributed by atoms with Crippen LogP contribution < -0.4 is 10.9 Å². The van der Waals surface area contributed by atoms with Gasteiger partial charge in [0.1, 0.15) is 6.54 Å². The molecule has 1 atom stereocenters. The van der Waals surface area contributed by atoms with Gasteiger partial charge in [-0.1, -0.05) is 32.0 Å². The lowest BCUT2D eigenvalue weighted by Gasteiger charge is -2.18. The van der Waals surface area contributed by atoms with Gasteiger partial charge in [0, 0.05) is 18.5 Å². The van der Waals surface area contributed by atoms with Gasteiger partial charge in [0.25, 0.3) is 5.56 Å². The lowest BCUT2D eigenvalue weighted by atomic mass is 9.94. The molecule has 0 aliphatic carbocycles. The molecule has 1 aromatic heterocycles. The van der Waals surface area contributed by atoms with E-state index in [0.717, 1.165) is 17.5 Å². The Balaban J connectivity index is 2.06. The Morgan fingerprint density at radius 1 is 1.28 bits per heavy atom. The number of amides is 1. The second-order valence-electron chi connectivity index (χ2n) is 6.91. The molecule has 0 saturated heterocycles. The predicted octanol–water partition coefficient (Wildman–Crippen LogP) is 1.87. The summed E-state index contributed by atoms with van der Waals surface area (Å²) in [5.41, 5.74) is 0.464. The van der Waals surface area contributed by atoms with Crippen LogP contribution in [-0.4, -0.2) is 33.9 Å². The molecule has 6 nitrogen and oxygen atoms in total. The highest BCUT2D eigenvalue weighted by Gasteiger charge is 2.14. The van der Waals surface area contributed by atoms with Gasteiger partial charge in [-0.25, -0.2) is 4.68 Å². The molecule has 0 saturated carbocycles. The third-order valence-electron chi connectivity index (χ3n) is 4.28. The van der Waals surface area contributed by atoms with Crippen LogP contribution in [0.25, 0.3) is 10.8 Å². The minimum atomic E-state index is -0.259. The molecule has 2 aromatic rings. The predicted molar refractivity (Wildman–Crippen MR) is 98.4 cm³/mol. The molecule has 0 bridgehead atoms. The number of aryl methyl sites for hydroxylation is 1. The number of aliphatic hydroxyl groups excluding tert-OH is 1. The molecule has 1 aromatic carbocycles. The Morgan fingerprint density at radius 3 is 2.60 bits per heavy atom. The Labute approximate surface area is 147 Å². The van der Waals surface area contributed by atoms with E-state index < -0.39 is 0 Å². The second-order valence-corrected chi connectivity index (χ2v) is 6.91. The molecule has 136 valence electrons. The van der Waals surface area contributed by atoms with Gasteiger partial charge in [0.2, 0.25) is 5.91 Å². The first kappa shape index (κ1) is 19.1. The Morgan fingerprint density at radius 2 is 1.96 bits per heavy atom. The zero-order chi connectivity index (χ0) is 18.4. The lowest BCUT2D eigenvalue weighted by Crippen LogP contribution is -2.36. The standard InChI is InChI=1S/C19H27N3O3/c1-13(2)10-15(8-9-23)11-20-18(24)12-22-19(25)17-7-5-4-6-16(17)14(3)21-22/h4-7,13,15,23H,8-12H2,1-3H3,(H,20,24). The maximum atomic E-state index is 12.5. The fraction of sp³-hybridized carbons (Fsp3) is 0.526. The zero-order valence-corrected chi connectivity index (χ0v) is 15.2. The normalized spacial score (nSPS) is 12.5. The number of hydrogen-bond donors (Lipinski definition) is 2. The third kappa shape index (κ3) is 5.13. The molecule has 2 N–H and O–H groups in total. The topological polar surface area (TPSA) is 84.2 Å². The highest BCUT2D eigenvalue weighted by atomic mass is 16.3. The number of rotatable bonds is 8. The van der Waals surface area contributed by atoms with E-state index >= 15 is 0 Å². The van der Waals surface area contributed by atoms with Crippen LogP contribution in [0.5, 0.6) is 0 Å². The molecule has 0 aliphatic rings. The molecule has 0 radical (unpaired) electrons.